The Morgan fingerprint density at radius 1 is 1.26 bits per heavy atom. The quantitative estimate of drug-likeness (QED) is 0.641. The molecule has 0 spiro atoms. The molecule has 0 saturated heterocycles. The van der Waals surface area contributed by atoms with Gasteiger partial charge in [-0.15, -0.1) is 0 Å². The smallest absolute Gasteiger partial charge is 0.347 e. The van der Waals surface area contributed by atoms with Crippen molar-refractivity contribution in [3.8, 4) is 11.5 Å². The van der Waals surface area contributed by atoms with Crippen molar-refractivity contribution in [1.29, 1.82) is 0 Å². The van der Waals surface area contributed by atoms with Gasteiger partial charge >= 0.3 is 5.63 Å². The van der Waals surface area contributed by atoms with E-state index in [0.717, 1.165) is 6.07 Å². The van der Waals surface area contributed by atoms with E-state index in [1.807, 2.05) is 0 Å². The van der Waals surface area contributed by atoms with Crippen LogP contribution < -0.4 is 5.63 Å². The molecule has 0 saturated carbocycles. The summed E-state index contributed by atoms with van der Waals surface area (Å²) in [5, 5.41) is 0.267. The minimum atomic E-state index is -0.667. The zero-order valence-corrected chi connectivity index (χ0v) is 10.2. The van der Waals surface area contributed by atoms with Gasteiger partial charge in [0.25, 0.3) is 0 Å². The zero-order chi connectivity index (χ0) is 13.4. The van der Waals surface area contributed by atoms with Gasteiger partial charge in [0.15, 0.2) is 0 Å². The molecular weight excluding hydrogens is 271 g/mol. The van der Waals surface area contributed by atoms with Crippen molar-refractivity contribution < 1.29 is 8.81 Å². The SMILES string of the molecule is O=c1oc(-c2cccnc2Cl)nc2ccc(F)cc12. The molecule has 0 aliphatic carbocycles. The highest BCUT2D eigenvalue weighted by Gasteiger charge is 2.12. The summed E-state index contributed by atoms with van der Waals surface area (Å²) in [4.78, 5) is 19.8. The Morgan fingerprint density at radius 3 is 2.89 bits per heavy atom. The second kappa shape index (κ2) is 4.44. The Labute approximate surface area is 111 Å². The normalized spacial score (nSPS) is 10.8. The van der Waals surface area contributed by atoms with Crippen LogP contribution in [0.15, 0.2) is 45.7 Å². The first-order valence-electron chi connectivity index (χ1n) is 5.36. The molecule has 0 N–H and O–H groups in total. The summed E-state index contributed by atoms with van der Waals surface area (Å²) in [5.41, 5.74) is 0.0829. The first kappa shape index (κ1) is 11.8. The monoisotopic (exact) mass is 276 g/mol. The van der Waals surface area contributed by atoms with Crippen molar-refractivity contribution >= 4 is 22.5 Å². The molecule has 0 fully saturated rings. The van der Waals surface area contributed by atoms with Gasteiger partial charge in [-0.1, -0.05) is 11.6 Å². The van der Waals surface area contributed by atoms with Gasteiger partial charge in [-0.05, 0) is 30.3 Å². The third-order valence-corrected chi connectivity index (χ3v) is 2.88. The van der Waals surface area contributed by atoms with Crippen LogP contribution in [-0.2, 0) is 0 Å². The van der Waals surface area contributed by atoms with Crippen molar-refractivity contribution in [2.24, 2.45) is 0 Å². The summed E-state index contributed by atoms with van der Waals surface area (Å²) in [6.07, 6.45) is 1.51. The largest absolute Gasteiger partial charge is 0.403 e. The van der Waals surface area contributed by atoms with E-state index in [1.54, 1.807) is 12.1 Å². The van der Waals surface area contributed by atoms with Crippen LogP contribution in [0.5, 0.6) is 0 Å². The topological polar surface area (TPSA) is 56.0 Å². The average molecular weight is 277 g/mol. The van der Waals surface area contributed by atoms with Gasteiger partial charge in [0.05, 0.1) is 16.5 Å². The van der Waals surface area contributed by atoms with Gasteiger partial charge < -0.3 is 4.42 Å². The van der Waals surface area contributed by atoms with Gasteiger partial charge in [0.1, 0.15) is 11.0 Å². The number of fused-ring (bicyclic) bond motifs is 1. The molecule has 4 nitrogen and oxygen atoms in total. The molecule has 19 heavy (non-hydrogen) atoms. The van der Waals surface area contributed by atoms with Gasteiger partial charge in [0.2, 0.25) is 5.89 Å². The molecule has 94 valence electrons. The molecular formula is C13H6ClFN2O2. The molecule has 3 aromatic rings. The molecule has 6 heteroatoms. The van der Waals surface area contributed by atoms with Gasteiger partial charge in [-0.2, -0.15) is 0 Å². The Morgan fingerprint density at radius 2 is 2.11 bits per heavy atom. The lowest BCUT2D eigenvalue weighted by atomic mass is 10.2. The predicted octanol–water partition coefficient (Wildman–Crippen LogP) is 3.04. The van der Waals surface area contributed by atoms with Crippen molar-refractivity contribution in [1.82, 2.24) is 9.97 Å². The van der Waals surface area contributed by atoms with Crippen molar-refractivity contribution in [3.05, 3.63) is 57.9 Å². The number of pyridine rings is 1. The van der Waals surface area contributed by atoms with E-state index in [-0.39, 0.29) is 16.4 Å². The van der Waals surface area contributed by atoms with Gasteiger partial charge in [0, 0.05) is 6.20 Å². The number of hydrogen-bond acceptors (Lipinski definition) is 4. The highest BCUT2D eigenvalue weighted by molar-refractivity contribution is 6.31. The van der Waals surface area contributed by atoms with E-state index in [4.69, 9.17) is 16.0 Å². The molecule has 0 aliphatic rings. The van der Waals surface area contributed by atoms with E-state index in [1.165, 1.54) is 18.3 Å². The van der Waals surface area contributed by atoms with E-state index in [2.05, 4.69) is 9.97 Å². The molecule has 2 heterocycles. The van der Waals surface area contributed by atoms with Crippen LogP contribution in [0.25, 0.3) is 22.4 Å². The molecule has 2 aromatic heterocycles. The standard InChI is InChI=1S/C13H6ClFN2O2/c14-11-8(2-1-5-16-11)12-17-10-4-3-7(15)6-9(10)13(18)19-12/h1-6H. The fourth-order valence-corrected chi connectivity index (χ4v) is 1.91. The fourth-order valence-electron chi connectivity index (χ4n) is 1.71. The highest BCUT2D eigenvalue weighted by Crippen LogP contribution is 2.24. The molecule has 3 rings (SSSR count). The molecule has 0 radical (unpaired) electrons. The molecule has 0 unspecified atom stereocenters. The number of rotatable bonds is 1. The van der Waals surface area contributed by atoms with Crippen molar-refractivity contribution in [3.63, 3.8) is 0 Å². The van der Waals surface area contributed by atoms with E-state index in [0.29, 0.717) is 11.1 Å². The van der Waals surface area contributed by atoms with Crippen molar-refractivity contribution in [2.45, 2.75) is 0 Å². The van der Waals surface area contributed by atoms with Crippen LogP contribution in [0.3, 0.4) is 0 Å². The third kappa shape index (κ3) is 2.08. The van der Waals surface area contributed by atoms with E-state index < -0.39 is 11.4 Å². The Balaban J connectivity index is 2.31. The van der Waals surface area contributed by atoms with Crippen LogP contribution in [0, 0.1) is 5.82 Å². The minimum absolute atomic E-state index is 0.0576. The maximum absolute atomic E-state index is 13.1. The Kier molecular flexibility index (Phi) is 2.76. The van der Waals surface area contributed by atoms with E-state index in [9.17, 15) is 9.18 Å². The third-order valence-electron chi connectivity index (χ3n) is 2.58. The summed E-state index contributed by atoms with van der Waals surface area (Å²) in [7, 11) is 0. The maximum Gasteiger partial charge on any atom is 0.347 e. The summed E-state index contributed by atoms with van der Waals surface area (Å²) >= 11 is 5.91. The first-order valence-corrected chi connectivity index (χ1v) is 5.74. The van der Waals surface area contributed by atoms with E-state index >= 15 is 0 Å². The average Bonchev–Trinajstić information content (AvgIpc) is 2.40. The van der Waals surface area contributed by atoms with Crippen LogP contribution in [-0.4, -0.2) is 9.97 Å². The minimum Gasteiger partial charge on any atom is -0.403 e. The summed E-state index contributed by atoms with van der Waals surface area (Å²) in [6, 6.07) is 7.01. The Hall–Kier alpha value is -2.27. The van der Waals surface area contributed by atoms with Crippen LogP contribution in [0.1, 0.15) is 0 Å². The lowest BCUT2D eigenvalue weighted by Crippen LogP contribution is -2.03. The lowest BCUT2D eigenvalue weighted by Gasteiger charge is -2.02. The highest BCUT2D eigenvalue weighted by atomic mass is 35.5. The van der Waals surface area contributed by atoms with Crippen molar-refractivity contribution in [2.75, 3.05) is 0 Å². The lowest BCUT2D eigenvalue weighted by molar-refractivity contribution is 0.517. The summed E-state index contributed by atoms with van der Waals surface area (Å²) in [6.45, 7) is 0. The van der Waals surface area contributed by atoms with Crippen LogP contribution >= 0.6 is 11.6 Å². The van der Waals surface area contributed by atoms with Gasteiger partial charge in [-0.25, -0.2) is 19.2 Å². The predicted molar refractivity (Wildman–Crippen MR) is 68.5 cm³/mol. The first-order chi connectivity index (χ1) is 9.15. The molecule has 0 amide bonds. The maximum atomic E-state index is 13.1. The number of halogens is 2. The van der Waals surface area contributed by atoms with Crippen LogP contribution in [0.2, 0.25) is 5.15 Å². The molecule has 1 aromatic carbocycles. The number of nitrogens with zero attached hydrogens (tertiary/aromatic N) is 2. The second-order valence-electron chi connectivity index (χ2n) is 3.81. The number of aromatic nitrogens is 2. The Bertz CT molecular complexity index is 832. The van der Waals surface area contributed by atoms with Crippen LogP contribution in [0.4, 0.5) is 4.39 Å². The fraction of sp³-hybridized carbons (Fsp3) is 0. The summed E-state index contributed by atoms with van der Waals surface area (Å²) < 4.78 is 18.1. The molecule has 0 aliphatic heterocycles. The molecule has 0 atom stereocenters. The summed E-state index contributed by atoms with van der Waals surface area (Å²) in [5.74, 6) is -0.462. The number of benzene rings is 1. The second-order valence-corrected chi connectivity index (χ2v) is 4.17. The molecule has 0 bridgehead atoms. The van der Waals surface area contributed by atoms with Gasteiger partial charge in [-0.3, -0.25) is 0 Å². The number of hydrogen-bond donors (Lipinski definition) is 0. The zero-order valence-electron chi connectivity index (χ0n) is 9.43.